The molecule has 4 nitrogen and oxygen atoms in total. The van der Waals surface area contributed by atoms with Gasteiger partial charge in [-0.15, -0.1) is 0 Å². The Morgan fingerprint density at radius 3 is 2.57 bits per heavy atom. The highest BCUT2D eigenvalue weighted by atomic mass is 16.5. The van der Waals surface area contributed by atoms with Crippen LogP contribution in [0.25, 0.3) is 6.08 Å². The highest BCUT2D eigenvalue weighted by molar-refractivity contribution is 5.87. The van der Waals surface area contributed by atoms with Crippen molar-refractivity contribution in [1.29, 1.82) is 0 Å². The molecular weight excluding hydrogens is 292 g/mol. The van der Waals surface area contributed by atoms with Gasteiger partial charge < -0.3 is 14.2 Å². The first-order valence-corrected chi connectivity index (χ1v) is 7.42. The number of rotatable bonds is 7. The summed E-state index contributed by atoms with van der Waals surface area (Å²) in [5, 5.41) is 0. The molecule has 0 aliphatic heterocycles. The van der Waals surface area contributed by atoms with Crippen LogP contribution in [-0.4, -0.2) is 19.7 Å². The smallest absolute Gasteiger partial charge is 0.330 e. The van der Waals surface area contributed by atoms with Gasteiger partial charge in [-0.05, 0) is 36.3 Å². The van der Waals surface area contributed by atoms with Gasteiger partial charge in [-0.25, -0.2) is 4.79 Å². The standard InChI is InChI=1S/C19H20O4/c1-3-22-19(20)12-10-15-9-11-17(21-2)18(13-15)23-14-16-7-5-4-6-8-16/h4-13H,3,14H2,1-2H3/b12-10+. The lowest BCUT2D eigenvalue weighted by molar-refractivity contribution is -0.137. The maximum absolute atomic E-state index is 11.4. The maximum Gasteiger partial charge on any atom is 0.330 e. The summed E-state index contributed by atoms with van der Waals surface area (Å²) in [7, 11) is 1.60. The van der Waals surface area contributed by atoms with Crippen LogP contribution < -0.4 is 9.47 Å². The Hall–Kier alpha value is -2.75. The number of ether oxygens (including phenoxy) is 3. The van der Waals surface area contributed by atoms with Gasteiger partial charge in [-0.3, -0.25) is 0 Å². The van der Waals surface area contributed by atoms with Crippen molar-refractivity contribution in [3.63, 3.8) is 0 Å². The molecule has 0 radical (unpaired) electrons. The van der Waals surface area contributed by atoms with Gasteiger partial charge >= 0.3 is 5.97 Å². The van der Waals surface area contributed by atoms with Crippen LogP contribution in [0.4, 0.5) is 0 Å². The van der Waals surface area contributed by atoms with Crippen molar-refractivity contribution in [2.45, 2.75) is 13.5 Å². The molecule has 0 N–H and O–H groups in total. The highest BCUT2D eigenvalue weighted by Gasteiger charge is 2.06. The SMILES string of the molecule is CCOC(=O)/C=C/c1ccc(OC)c(OCc2ccccc2)c1. The van der Waals surface area contributed by atoms with Crippen LogP contribution in [0.5, 0.6) is 11.5 Å². The Bertz CT molecular complexity index is 662. The van der Waals surface area contributed by atoms with Crippen LogP contribution in [0.15, 0.2) is 54.6 Å². The predicted molar refractivity (Wildman–Crippen MR) is 89.4 cm³/mol. The molecule has 2 aromatic carbocycles. The summed E-state index contributed by atoms with van der Waals surface area (Å²) in [4.78, 5) is 11.4. The molecule has 0 spiro atoms. The molecular formula is C19H20O4. The van der Waals surface area contributed by atoms with Crippen molar-refractivity contribution in [2.24, 2.45) is 0 Å². The van der Waals surface area contributed by atoms with E-state index in [1.807, 2.05) is 48.5 Å². The summed E-state index contributed by atoms with van der Waals surface area (Å²) in [5.74, 6) is 0.909. The fraction of sp³-hybridized carbons (Fsp3) is 0.211. The summed E-state index contributed by atoms with van der Waals surface area (Å²) in [6, 6.07) is 15.4. The van der Waals surface area contributed by atoms with Crippen LogP contribution in [0.2, 0.25) is 0 Å². The number of hydrogen-bond acceptors (Lipinski definition) is 4. The van der Waals surface area contributed by atoms with Crippen LogP contribution in [0.1, 0.15) is 18.1 Å². The van der Waals surface area contributed by atoms with E-state index in [9.17, 15) is 4.79 Å². The molecule has 0 heterocycles. The summed E-state index contributed by atoms with van der Waals surface area (Å²) >= 11 is 0. The van der Waals surface area contributed by atoms with Gasteiger partial charge in [0, 0.05) is 6.08 Å². The molecule has 4 heteroatoms. The summed E-state index contributed by atoms with van der Waals surface area (Å²) < 4.78 is 16.0. The van der Waals surface area contributed by atoms with Crippen LogP contribution in [-0.2, 0) is 16.1 Å². The Kier molecular flexibility index (Phi) is 6.24. The first kappa shape index (κ1) is 16.6. The van der Waals surface area contributed by atoms with E-state index in [2.05, 4.69) is 0 Å². The number of carbonyl (C=O) groups is 1. The Morgan fingerprint density at radius 2 is 1.87 bits per heavy atom. The molecule has 0 atom stereocenters. The second-order valence-electron chi connectivity index (χ2n) is 4.77. The summed E-state index contributed by atoms with van der Waals surface area (Å²) in [6.45, 7) is 2.58. The molecule has 0 aliphatic rings. The minimum Gasteiger partial charge on any atom is -0.493 e. The zero-order chi connectivity index (χ0) is 16.5. The topological polar surface area (TPSA) is 44.8 Å². The average Bonchev–Trinajstić information content (AvgIpc) is 2.59. The summed E-state index contributed by atoms with van der Waals surface area (Å²) in [5.41, 5.74) is 1.91. The van der Waals surface area contributed by atoms with E-state index in [4.69, 9.17) is 14.2 Å². The quantitative estimate of drug-likeness (QED) is 0.575. The second-order valence-corrected chi connectivity index (χ2v) is 4.77. The van der Waals surface area contributed by atoms with Gasteiger partial charge in [0.25, 0.3) is 0 Å². The zero-order valence-electron chi connectivity index (χ0n) is 13.3. The van der Waals surface area contributed by atoms with Crippen LogP contribution >= 0.6 is 0 Å². The van der Waals surface area contributed by atoms with Crippen molar-refractivity contribution in [2.75, 3.05) is 13.7 Å². The van der Waals surface area contributed by atoms with E-state index in [1.165, 1.54) is 6.08 Å². The Labute approximate surface area is 136 Å². The van der Waals surface area contributed by atoms with Gasteiger partial charge in [-0.2, -0.15) is 0 Å². The van der Waals surface area contributed by atoms with Crippen molar-refractivity contribution >= 4 is 12.0 Å². The van der Waals surface area contributed by atoms with E-state index in [0.29, 0.717) is 24.7 Å². The Morgan fingerprint density at radius 1 is 1.09 bits per heavy atom. The molecule has 0 fully saturated rings. The molecule has 2 aromatic rings. The lowest BCUT2D eigenvalue weighted by atomic mass is 10.2. The molecule has 0 saturated carbocycles. The fourth-order valence-corrected chi connectivity index (χ4v) is 2.00. The molecule has 120 valence electrons. The monoisotopic (exact) mass is 312 g/mol. The molecule has 23 heavy (non-hydrogen) atoms. The van der Waals surface area contributed by atoms with E-state index >= 15 is 0 Å². The number of carbonyl (C=O) groups excluding carboxylic acids is 1. The first-order chi connectivity index (χ1) is 11.2. The van der Waals surface area contributed by atoms with E-state index in [1.54, 1.807) is 20.1 Å². The minimum absolute atomic E-state index is 0.358. The van der Waals surface area contributed by atoms with E-state index in [0.717, 1.165) is 11.1 Å². The van der Waals surface area contributed by atoms with Crippen molar-refractivity contribution in [3.05, 3.63) is 65.7 Å². The predicted octanol–water partition coefficient (Wildman–Crippen LogP) is 3.85. The molecule has 2 rings (SSSR count). The third kappa shape index (κ3) is 5.18. The molecule has 0 unspecified atom stereocenters. The average molecular weight is 312 g/mol. The number of esters is 1. The van der Waals surface area contributed by atoms with Crippen LogP contribution in [0.3, 0.4) is 0 Å². The Balaban J connectivity index is 2.10. The third-order valence-electron chi connectivity index (χ3n) is 3.12. The number of methoxy groups -OCH3 is 1. The largest absolute Gasteiger partial charge is 0.493 e. The van der Waals surface area contributed by atoms with E-state index in [-0.39, 0.29) is 5.97 Å². The lowest BCUT2D eigenvalue weighted by Crippen LogP contribution is -1.99. The lowest BCUT2D eigenvalue weighted by Gasteiger charge is -2.11. The molecule has 0 amide bonds. The third-order valence-corrected chi connectivity index (χ3v) is 3.12. The fourth-order valence-electron chi connectivity index (χ4n) is 2.00. The van der Waals surface area contributed by atoms with Crippen molar-refractivity contribution < 1.29 is 19.0 Å². The molecule has 0 aromatic heterocycles. The normalized spacial score (nSPS) is 10.5. The van der Waals surface area contributed by atoms with Gasteiger partial charge in [-0.1, -0.05) is 36.4 Å². The number of benzene rings is 2. The zero-order valence-corrected chi connectivity index (χ0v) is 13.3. The highest BCUT2D eigenvalue weighted by Crippen LogP contribution is 2.29. The molecule has 0 aliphatic carbocycles. The van der Waals surface area contributed by atoms with Gasteiger partial charge in [0.05, 0.1) is 13.7 Å². The van der Waals surface area contributed by atoms with E-state index < -0.39 is 0 Å². The van der Waals surface area contributed by atoms with Gasteiger partial charge in [0.2, 0.25) is 0 Å². The minimum atomic E-state index is -0.366. The van der Waals surface area contributed by atoms with Crippen LogP contribution in [0, 0.1) is 0 Å². The second kappa shape index (κ2) is 8.63. The molecule has 0 bridgehead atoms. The van der Waals surface area contributed by atoms with Crippen molar-refractivity contribution in [3.8, 4) is 11.5 Å². The molecule has 0 saturated heterocycles. The van der Waals surface area contributed by atoms with Crippen molar-refractivity contribution in [1.82, 2.24) is 0 Å². The van der Waals surface area contributed by atoms with Gasteiger partial charge in [0.1, 0.15) is 6.61 Å². The van der Waals surface area contributed by atoms with Gasteiger partial charge in [0.15, 0.2) is 11.5 Å². The maximum atomic E-state index is 11.4. The summed E-state index contributed by atoms with van der Waals surface area (Å²) in [6.07, 6.45) is 3.08. The first-order valence-electron chi connectivity index (χ1n) is 7.42. The number of hydrogen-bond donors (Lipinski definition) is 0.